The van der Waals surface area contributed by atoms with Gasteiger partial charge in [-0.3, -0.25) is 4.79 Å². The van der Waals surface area contributed by atoms with Gasteiger partial charge in [-0.05, 0) is 33.1 Å². The Labute approximate surface area is 109 Å². The summed E-state index contributed by atoms with van der Waals surface area (Å²) in [6.07, 6.45) is 6.43. The summed E-state index contributed by atoms with van der Waals surface area (Å²) in [6, 6.07) is 0.186. The van der Waals surface area contributed by atoms with E-state index in [9.17, 15) is 4.79 Å². The van der Waals surface area contributed by atoms with E-state index in [1.807, 2.05) is 6.92 Å². The maximum atomic E-state index is 11.5. The molecule has 3 atom stereocenters. The average molecular weight is 255 g/mol. The summed E-state index contributed by atoms with van der Waals surface area (Å²) in [6.45, 7) is 4.72. The van der Waals surface area contributed by atoms with Crippen LogP contribution in [0.25, 0.3) is 0 Å². The second-order valence-electron chi connectivity index (χ2n) is 5.58. The molecule has 3 unspecified atom stereocenters. The Bertz CT molecular complexity index is 299. The van der Waals surface area contributed by atoms with Crippen molar-refractivity contribution in [3.8, 4) is 0 Å². The van der Waals surface area contributed by atoms with Crippen LogP contribution in [-0.2, 0) is 14.3 Å². The van der Waals surface area contributed by atoms with Crippen molar-refractivity contribution >= 4 is 5.97 Å². The smallest absolute Gasteiger partial charge is 0.322 e. The third-order valence-electron chi connectivity index (χ3n) is 4.69. The Balaban J connectivity index is 1.96. The standard InChI is InChI=1S/C14H25NO3/c1-4-18-12-9-11(14(12)7-5-6-8-14)15-10(2)13(16)17-3/h10-12,15H,4-9H2,1-3H3. The first kappa shape index (κ1) is 13.8. The molecule has 0 aromatic heterocycles. The Hall–Kier alpha value is -0.610. The molecule has 2 rings (SSSR count). The van der Waals surface area contributed by atoms with Gasteiger partial charge in [0.25, 0.3) is 0 Å². The third kappa shape index (κ3) is 2.28. The van der Waals surface area contributed by atoms with E-state index in [0.717, 1.165) is 13.0 Å². The van der Waals surface area contributed by atoms with Crippen molar-refractivity contribution in [2.45, 2.75) is 64.1 Å². The topological polar surface area (TPSA) is 47.6 Å². The Morgan fingerprint density at radius 2 is 2.11 bits per heavy atom. The molecule has 2 aliphatic rings. The SMILES string of the molecule is CCOC1CC(NC(C)C(=O)OC)C12CCCC2. The predicted octanol–water partition coefficient (Wildman–Crippen LogP) is 1.88. The van der Waals surface area contributed by atoms with Crippen molar-refractivity contribution in [1.29, 1.82) is 0 Å². The van der Waals surface area contributed by atoms with E-state index in [1.54, 1.807) is 0 Å². The predicted molar refractivity (Wildman–Crippen MR) is 69.3 cm³/mol. The van der Waals surface area contributed by atoms with Crippen LogP contribution < -0.4 is 5.32 Å². The molecule has 18 heavy (non-hydrogen) atoms. The van der Waals surface area contributed by atoms with Gasteiger partial charge in [0.1, 0.15) is 6.04 Å². The highest BCUT2D eigenvalue weighted by atomic mass is 16.5. The monoisotopic (exact) mass is 255 g/mol. The van der Waals surface area contributed by atoms with Crippen LogP contribution in [0.15, 0.2) is 0 Å². The quantitative estimate of drug-likeness (QED) is 0.762. The number of hydrogen-bond acceptors (Lipinski definition) is 4. The van der Waals surface area contributed by atoms with Gasteiger partial charge < -0.3 is 14.8 Å². The zero-order valence-electron chi connectivity index (χ0n) is 11.7. The van der Waals surface area contributed by atoms with Gasteiger partial charge in [0, 0.05) is 18.1 Å². The van der Waals surface area contributed by atoms with Gasteiger partial charge in [-0.25, -0.2) is 0 Å². The molecule has 0 aliphatic heterocycles. The number of ether oxygens (including phenoxy) is 2. The summed E-state index contributed by atoms with van der Waals surface area (Å²) in [4.78, 5) is 11.5. The largest absolute Gasteiger partial charge is 0.468 e. The summed E-state index contributed by atoms with van der Waals surface area (Å²) in [5.74, 6) is -0.178. The number of esters is 1. The van der Waals surface area contributed by atoms with E-state index in [0.29, 0.717) is 12.1 Å². The van der Waals surface area contributed by atoms with Crippen LogP contribution in [0.5, 0.6) is 0 Å². The molecule has 104 valence electrons. The molecule has 0 saturated heterocycles. The van der Waals surface area contributed by atoms with Crippen LogP contribution in [-0.4, -0.2) is 37.9 Å². The molecule has 1 spiro atoms. The molecule has 0 heterocycles. The molecule has 0 bridgehead atoms. The zero-order valence-corrected chi connectivity index (χ0v) is 11.7. The molecule has 0 amide bonds. The number of carbonyl (C=O) groups is 1. The lowest BCUT2D eigenvalue weighted by molar-refractivity contribution is -0.150. The van der Waals surface area contributed by atoms with Crippen molar-refractivity contribution in [3.63, 3.8) is 0 Å². The summed E-state index contributed by atoms with van der Waals surface area (Å²) >= 11 is 0. The molecule has 2 aliphatic carbocycles. The molecule has 0 aromatic rings. The molecule has 1 N–H and O–H groups in total. The van der Waals surface area contributed by atoms with E-state index >= 15 is 0 Å². The van der Waals surface area contributed by atoms with Gasteiger partial charge >= 0.3 is 5.97 Å². The Morgan fingerprint density at radius 3 is 2.67 bits per heavy atom. The number of hydrogen-bond donors (Lipinski definition) is 1. The molecule has 0 radical (unpaired) electrons. The normalized spacial score (nSPS) is 31.1. The van der Waals surface area contributed by atoms with Crippen LogP contribution in [0.4, 0.5) is 0 Å². The first-order valence-electron chi connectivity index (χ1n) is 7.09. The fourth-order valence-corrected chi connectivity index (χ4v) is 3.67. The summed E-state index contributed by atoms with van der Waals surface area (Å²) in [5, 5.41) is 3.43. The van der Waals surface area contributed by atoms with E-state index in [4.69, 9.17) is 9.47 Å². The first-order valence-corrected chi connectivity index (χ1v) is 7.09. The van der Waals surface area contributed by atoms with Gasteiger partial charge in [-0.2, -0.15) is 0 Å². The second kappa shape index (κ2) is 5.57. The van der Waals surface area contributed by atoms with Crippen molar-refractivity contribution < 1.29 is 14.3 Å². The van der Waals surface area contributed by atoms with Crippen molar-refractivity contribution in [3.05, 3.63) is 0 Å². The van der Waals surface area contributed by atoms with Gasteiger partial charge in [0.15, 0.2) is 0 Å². The zero-order chi connectivity index (χ0) is 13.2. The van der Waals surface area contributed by atoms with Gasteiger partial charge in [0.05, 0.1) is 13.2 Å². The van der Waals surface area contributed by atoms with Crippen LogP contribution >= 0.6 is 0 Å². The van der Waals surface area contributed by atoms with Crippen LogP contribution in [0.2, 0.25) is 0 Å². The van der Waals surface area contributed by atoms with E-state index in [2.05, 4.69) is 12.2 Å². The fraction of sp³-hybridized carbons (Fsp3) is 0.929. The minimum Gasteiger partial charge on any atom is -0.468 e. The van der Waals surface area contributed by atoms with E-state index in [-0.39, 0.29) is 17.4 Å². The highest BCUT2D eigenvalue weighted by Crippen LogP contribution is 2.54. The molecule has 2 fully saturated rings. The van der Waals surface area contributed by atoms with Crippen molar-refractivity contribution in [2.75, 3.05) is 13.7 Å². The summed E-state index contributed by atoms with van der Waals surface area (Å²) in [5.41, 5.74) is 0.276. The fourth-order valence-electron chi connectivity index (χ4n) is 3.67. The lowest BCUT2D eigenvalue weighted by Crippen LogP contribution is -2.64. The number of methoxy groups -OCH3 is 1. The highest BCUT2D eigenvalue weighted by molar-refractivity contribution is 5.75. The Morgan fingerprint density at radius 1 is 1.44 bits per heavy atom. The Kier molecular flexibility index (Phi) is 4.28. The maximum Gasteiger partial charge on any atom is 0.322 e. The molecule has 4 nitrogen and oxygen atoms in total. The molecule has 4 heteroatoms. The van der Waals surface area contributed by atoms with Crippen LogP contribution in [0, 0.1) is 5.41 Å². The third-order valence-corrected chi connectivity index (χ3v) is 4.69. The molecular formula is C14H25NO3. The number of nitrogens with one attached hydrogen (secondary N) is 1. The lowest BCUT2D eigenvalue weighted by Gasteiger charge is -2.54. The summed E-state index contributed by atoms with van der Waals surface area (Å²) < 4.78 is 10.6. The minimum absolute atomic E-state index is 0.178. The minimum atomic E-state index is -0.222. The average Bonchev–Trinajstić information content (AvgIpc) is 2.88. The summed E-state index contributed by atoms with van der Waals surface area (Å²) in [7, 11) is 1.44. The van der Waals surface area contributed by atoms with Crippen LogP contribution in [0.3, 0.4) is 0 Å². The maximum absolute atomic E-state index is 11.5. The van der Waals surface area contributed by atoms with Gasteiger partial charge in [-0.15, -0.1) is 0 Å². The highest BCUT2D eigenvalue weighted by Gasteiger charge is 2.56. The van der Waals surface area contributed by atoms with E-state index < -0.39 is 0 Å². The van der Waals surface area contributed by atoms with E-state index in [1.165, 1.54) is 32.8 Å². The van der Waals surface area contributed by atoms with Crippen molar-refractivity contribution in [2.24, 2.45) is 5.41 Å². The van der Waals surface area contributed by atoms with Crippen LogP contribution in [0.1, 0.15) is 46.0 Å². The second-order valence-corrected chi connectivity index (χ2v) is 5.58. The number of rotatable bonds is 5. The number of carbonyl (C=O) groups excluding carboxylic acids is 1. The van der Waals surface area contributed by atoms with Crippen molar-refractivity contribution in [1.82, 2.24) is 5.32 Å². The first-order chi connectivity index (χ1) is 8.64. The van der Waals surface area contributed by atoms with Gasteiger partial charge in [0.2, 0.25) is 0 Å². The molecular weight excluding hydrogens is 230 g/mol. The molecule has 0 aromatic carbocycles. The lowest BCUT2D eigenvalue weighted by atomic mass is 9.60. The van der Waals surface area contributed by atoms with Gasteiger partial charge in [-0.1, -0.05) is 12.8 Å². The molecule has 2 saturated carbocycles.